The van der Waals surface area contributed by atoms with Gasteiger partial charge in [-0.05, 0) is 50.4 Å². The fraction of sp³-hybridized carbons (Fsp3) is 0.929. The minimum Gasteiger partial charge on any atom is -0.381 e. The fourth-order valence-electron chi connectivity index (χ4n) is 3.57. The van der Waals surface area contributed by atoms with Crippen LogP contribution in [0.15, 0.2) is 0 Å². The molecule has 0 aliphatic heterocycles. The summed E-state index contributed by atoms with van der Waals surface area (Å²) in [5.74, 6) is 1.93. The molecule has 0 radical (unpaired) electrons. The first-order chi connectivity index (χ1) is 8.33. The molecule has 0 atom stereocenters. The van der Waals surface area contributed by atoms with Crippen molar-refractivity contribution in [2.24, 2.45) is 11.8 Å². The molecule has 0 aromatic heterocycles. The maximum atomic E-state index is 5.45. The molecule has 3 heteroatoms. The van der Waals surface area contributed by atoms with Crippen LogP contribution in [0.3, 0.4) is 0 Å². The van der Waals surface area contributed by atoms with Gasteiger partial charge in [-0.15, -0.1) is 0 Å². The zero-order valence-electron chi connectivity index (χ0n) is 10.7. The van der Waals surface area contributed by atoms with Crippen molar-refractivity contribution in [3.05, 3.63) is 4.85 Å². The summed E-state index contributed by atoms with van der Waals surface area (Å²) >= 11 is 2.11. The summed E-state index contributed by atoms with van der Waals surface area (Å²) in [6.07, 6.45) is 11.2. The Morgan fingerprint density at radius 1 is 0.941 bits per heavy atom. The molecule has 2 aliphatic carbocycles. The number of hydrogen-bond acceptors (Lipinski definition) is 1. The van der Waals surface area contributed by atoms with Gasteiger partial charge in [0, 0.05) is 20.0 Å². The van der Waals surface area contributed by atoms with E-state index in [0.29, 0.717) is 12.1 Å². The maximum Gasteiger partial charge on any atom is 0.343 e. The Labute approximate surface area is 118 Å². The molecule has 0 unspecified atom stereocenters. The van der Waals surface area contributed by atoms with Gasteiger partial charge in [0.2, 0.25) is 0 Å². The molecule has 0 bridgehead atoms. The van der Waals surface area contributed by atoms with Gasteiger partial charge in [0.05, 0.1) is 6.10 Å². The Kier molecular flexibility index (Phi) is 5.55. The molecule has 0 aromatic carbocycles. The number of rotatable bonds is 2. The SMILES string of the molecule is COC1CCC(C2CCC([N+]#CI)CC2)CC1. The van der Waals surface area contributed by atoms with Crippen LogP contribution < -0.4 is 0 Å². The number of hydrogen-bond donors (Lipinski definition) is 0. The third-order valence-corrected chi connectivity index (χ3v) is 4.97. The first kappa shape index (κ1) is 13.6. The third kappa shape index (κ3) is 3.82. The summed E-state index contributed by atoms with van der Waals surface area (Å²) in [7, 11) is 1.86. The van der Waals surface area contributed by atoms with Crippen LogP contribution in [-0.2, 0) is 4.74 Å². The number of nitrogens with zero attached hydrogens (tertiary/aromatic N) is 1. The third-order valence-electron chi connectivity index (χ3n) is 4.69. The zero-order valence-corrected chi connectivity index (χ0v) is 12.9. The molecule has 0 N–H and O–H groups in total. The van der Waals surface area contributed by atoms with Gasteiger partial charge in [0.1, 0.15) is 22.6 Å². The second-order valence-corrected chi connectivity index (χ2v) is 6.04. The van der Waals surface area contributed by atoms with Crippen molar-refractivity contribution in [1.29, 1.82) is 0 Å². The molecule has 0 amide bonds. The van der Waals surface area contributed by atoms with E-state index < -0.39 is 0 Å². The van der Waals surface area contributed by atoms with Crippen molar-refractivity contribution < 1.29 is 4.74 Å². The molecular weight excluding hydrogens is 325 g/mol. The van der Waals surface area contributed by atoms with E-state index in [0.717, 1.165) is 11.8 Å². The Bertz CT molecular complexity index is 280. The van der Waals surface area contributed by atoms with E-state index in [1.807, 2.05) is 7.11 Å². The predicted molar refractivity (Wildman–Crippen MR) is 79.8 cm³/mol. The van der Waals surface area contributed by atoms with Crippen LogP contribution in [0, 0.1) is 15.9 Å². The number of ether oxygens (including phenoxy) is 1. The highest BCUT2D eigenvalue weighted by molar-refractivity contribution is 14.1. The molecule has 2 saturated carbocycles. The van der Waals surface area contributed by atoms with E-state index in [1.165, 1.54) is 51.4 Å². The molecule has 2 rings (SSSR count). The first-order valence-electron chi connectivity index (χ1n) is 6.91. The molecule has 0 spiro atoms. The topological polar surface area (TPSA) is 13.6 Å². The average molecular weight is 348 g/mol. The predicted octanol–water partition coefficient (Wildman–Crippen LogP) is 4.48. The summed E-state index contributed by atoms with van der Waals surface area (Å²) in [6, 6.07) is 0.568. The summed E-state index contributed by atoms with van der Waals surface area (Å²) < 4.78 is 8.38. The van der Waals surface area contributed by atoms with Crippen molar-refractivity contribution in [3.63, 3.8) is 0 Å². The van der Waals surface area contributed by atoms with Gasteiger partial charge in [-0.1, -0.05) is 4.85 Å². The monoisotopic (exact) mass is 348 g/mol. The van der Waals surface area contributed by atoms with Crippen molar-refractivity contribution in [2.45, 2.75) is 63.5 Å². The molecule has 0 saturated heterocycles. The molecular formula is C14H23INO+. The van der Waals surface area contributed by atoms with Crippen LogP contribution >= 0.6 is 22.6 Å². The lowest BCUT2D eigenvalue weighted by molar-refractivity contribution is 0.0416. The zero-order chi connectivity index (χ0) is 12.1. The lowest BCUT2D eigenvalue weighted by atomic mass is 9.72. The van der Waals surface area contributed by atoms with E-state index in [2.05, 4.69) is 31.5 Å². The summed E-state index contributed by atoms with van der Waals surface area (Å²) in [5.41, 5.74) is 0. The van der Waals surface area contributed by atoms with Gasteiger partial charge in [0.15, 0.2) is 0 Å². The average Bonchev–Trinajstić information content (AvgIpc) is 2.40. The fourth-order valence-corrected chi connectivity index (χ4v) is 3.96. The minimum absolute atomic E-state index is 0.542. The minimum atomic E-state index is 0.542. The van der Waals surface area contributed by atoms with E-state index in [9.17, 15) is 0 Å². The Morgan fingerprint density at radius 2 is 1.47 bits per heavy atom. The lowest BCUT2D eigenvalue weighted by Gasteiger charge is -2.35. The van der Waals surface area contributed by atoms with Crippen LogP contribution in [0.5, 0.6) is 0 Å². The van der Waals surface area contributed by atoms with Crippen LogP contribution in [0.25, 0.3) is 4.85 Å². The van der Waals surface area contributed by atoms with Gasteiger partial charge in [-0.25, -0.2) is 0 Å². The van der Waals surface area contributed by atoms with Crippen molar-refractivity contribution in [1.82, 2.24) is 0 Å². The van der Waals surface area contributed by atoms with Crippen molar-refractivity contribution in [3.8, 4) is 4.08 Å². The van der Waals surface area contributed by atoms with E-state index in [4.69, 9.17) is 4.74 Å². The molecule has 2 fully saturated rings. The Hall–Kier alpha value is 0.180. The van der Waals surface area contributed by atoms with Crippen molar-refractivity contribution in [2.75, 3.05) is 7.11 Å². The van der Waals surface area contributed by atoms with Crippen LogP contribution in [0.1, 0.15) is 51.4 Å². The van der Waals surface area contributed by atoms with Crippen LogP contribution in [-0.4, -0.2) is 19.3 Å². The summed E-state index contributed by atoms with van der Waals surface area (Å²) in [6.45, 7) is 0. The number of halogens is 1. The summed E-state index contributed by atoms with van der Waals surface area (Å²) in [4.78, 5) is 4.41. The summed E-state index contributed by atoms with van der Waals surface area (Å²) in [5, 5.41) is 0. The largest absolute Gasteiger partial charge is 0.381 e. The van der Waals surface area contributed by atoms with E-state index in [1.54, 1.807) is 0 Å². The second-order valence-electron chi connectivity index (χ2n) is 5.55. The normalized spacial score (nSPS) is 38.2. The highest BCUT2D eigenvalue weighted by Gasteiger charge is 2.33. The molecule has 2 nitrogen and oxygen atoms in total. The van der Waals surface area contributed by atoms with Gasteiger partial charge >= 0.3 is 4.08 Å². The van der Waals surface area contributed by atoms with Gasteiger partial charge in [-0.3, -0.25) is 0 Å². The molecule has 96 valence electrons. The number of methoxy groups -OCH3 is 1. The van der Waals surface area contributed by atoms with E-state index >= 15 is 0 Å². The first-order valence-corrected chi connectivity index (χ1v) is 7.99. The second kappa shape index (κ2) is 6.94. The molecule has 0 heterocycles. The van der Waals surface area contributed by atoms with E-state index in [-0.39, 0.29) is 0 Å². The Morgan fingerprint density at radius 3 is 1.94 bits per heavy atom. The Balaban J connectivity index is 1.75. The highest BCUT2D eigenvalue weighted by atomic mass is 127. The van der Waals surface area contributed by atoms with Crippen LogP contribution in [0.2, 0.25) is 0 Å². The smallest absolute Gasteiger partial charge is 0.343 e. The molecule has 0 aromatic rings. The maximum absolute atomic E-state index is 5.45. The molecule has 2 aliphatic rings. The van der Waals surface area contributed by atoms with Gasteiger partial charge in [-0.2, -0.15) is 0 Å². The van der Waals surface area contributed by atoms with Gasteiger partial charge in [0.25, 0.3) is 6.04 Å². The van der Waals surface area contributed by atoms with Crippen LogP contribution in [0.4, 0.5) is 0 Å². The lowest BCUT2D eigenvalue weighted by Crippen LogP contribution is -2.28. The van der Waals surface area contributed by atoms with Crippen molar-refractivity contribution >= 4 is 22.6 Å². The molecule has 17 heavy (non-hydrogen) atoms. The standard InChI is InChI=1S/C14H23INO/c1-17-14-8-4-12(5-9-14)11-2-6-13(7-3-11)16-10-15/h11-14H,2-9H2,1H3/q+1. The quantitative estimate of drug-likeness (QED) is 0.671. The highest BCUT2D eigenvalue weighted by Crippen LogP contribution is 2.39. The van der Waals surface area contributed by atoms with Gasteiger partial charge < -0.3 is 4.74 Å².